The minimum Gasteiger partial charge on any atom is -0.408 e. The fourth-order valence-corrected chi connectivity index (χ4v) is 1.92. The molecule has 20 heavy (non-hydrogen) atoms. The van der Waals surface area contributed by atoms with Crippen molar-refractivity contribution in [3.05, 3.63) is 22.9 Å². The van der Waals surface area contributed by atoms with Crippen molar-refractivity contribution in [1.82, 2.24) is 15.4 Å². The predicted octanol–water partition coefficient (Wildman–Crippen LogP) is 3.02. The van der Waals surface area contributed by atoms with E-state index in [9.17, 15) is 0 Å². The van der Waals surface area contributed by atoms with Crippen LogP contribution in [-0.4, -0.2) is 21.9 Å². The molecule has 2 aromatic heterocycles. The van der Waals surface area contributed by atoms with E-state index in [0.717, 1.165) is 30.8 Å². The van der Waals surface area contributed by atoms with E-state index in [0.29, 0.717) is 11.9 Å². The van der Waals surface area contributed by atoms with Crippen molar-refractivity contribution in [2.45, 2.75) is 52.9 Å². The van der Waals surface area contributed by atoms with Gasteiger partial charge in [-0.25, -0.2) is 0 Å². The Morgan fingerprint density at radius 3 is 2.45 bits per heavy atom. The van der Waals surface area contributed by atoms with Crippen molar-refractivity contribution in [3.8, 4) is 0 Å². The van der Waals surface area contributed by atoms with Crippen LogP contribution in [0.2, 0.25) is 0 Å². The van der Waals surface area contributed by atoms with Crippen molar-refractivity contribution >= 4 is 6.01 Å². The molecule has 0 fully saturated rings. The van der Waals surface area contributed by atoms with Gasteiger partial charge in [0.15, 0.2) is 0 Å². The third-order valence-corrected chi connectivity index (χ3v) is 3.13. The molecule has 2 heterocycles. The molecular weight excluding hydrogens is 256 g/mol. The number of hydrogen-bond acceptors (Lipinski definition) is 6. The first-order valence-electron chi connectivity index (χ1n) is 6.87. The van der Waals surface area contributed by atoms with Gasteiger partial charge in [0.05, 0.1) is 5.69 Å². The summed E-state index contributed by atoms with van der Waals surface area (Å²) < 4.78 is 10.7. The van der Waals surface area contributed by atoms with Crippen LogP contribution in [0.1, 0.15) is 50.1 Å². The van der Waals surface area contributed by atoms with E-state index >= 15 is 0 Å². The highest BCUT2D eigenvalue weighted by atomic mass is 16.5. The standard InChI is InChI=1S/C14H22N4O2/c1-9-11(10(2)20-18-9)7-6-8-15-13-17-16-12(19-13)14(3,4)5/h6-8H2,1-5H3,(H,15,17). The van der Waals surface area contributed by atoms with Crippen LogP contribution in [0, 0.1) is 13.8 Å². The summed E-state index contributed by atoms with van der Waals surface area (Å²) in [5.74, 6) is 1.54. The lowest BCUT2D eigenvalue weighted by molar-refractivity contribution is 0.392. The molecule has 2 rings (SSSR count). The van der Waals surface area contributed by atoms with Crippen LogP contribution in [0.25, 0.3) is 0 Å². The van der Waals surface area contributed by atoms with Gasteiger partial charge < -0.3 is 14.3 Å². The predicted molar refractivity (Wildman–Crippen MR) is 75.8 cm³/mol. The molecule has 0 atom stereocenters. The quantitative estimate of drug-likeness (QED) is 0.847. The summed E-state index contributed by atoms with van der Waals surface area (Å²) >= 11 is 0. The topological polar surface area (TPSA) is 77.0 Å². The summed E-state index contributed by atoms with van der Waals surface area (Å²) in [6, 6.07) is 0.480. The van der Waals surface area contributed by atoms with Crippen molar-refractivity contribution in [2.24, 2.45) is 0 Å². The molecule has 0 aliphatic rings. The Hall–Kier alpha value is -1.85. The van der Waals surface area contributed by atoms with Crippen molar-refractivity contribution in [2.75, 3.05) is 11.9 Å². The molecule has 0 saturated carbocycles. The van der Waals surface area contributed by atoms with E-state index < -0.39 is 0 Å². The lowest BCUT2D eigenvalue weighted by Gasteiger charge is -2.10. The maximum absolute atomic E-state index is 5.57. The van der Waals surface area contributed by atoms with Gasteiger partial charge >= 0.3 is 6.01 Å². The van der Waals surface area contributed by atoms with Gasteiger partial charge in [-0.15, -0.1) is 5.10 Å². The fraction of sp³-hybridized carbons (Fsp3) is 0.643. The third-order valence-electron chi connectivity index (χ3n) is 3.13. The van der Waals surface area contributed by atoms with Gasteiger partial charge in [-0.05, 0) is 26.7 Å². The van der Waals surface area contributed by atoms with E-state index in [4.69, 9.17) is 8.94 Å². The first-order valence-corrected chi connectivity index (χ1v) is 6.87. The van der Waals surface area contributed by atoms with Crippen molar-refractivity contribution < 1.29 is 8.94 Å². The Kier molecular flexibility index (Phi) is 4.11. The normalized spacial score (nSPS) is 11.8. The molecule has 110 valence electrons. The second-order valence-corrected chi connectivity index (χ2v) is 6.00. The molecule has 6 heteroatoms. The molecule has 2 aromatic rings. The molecule has 0 amide bonds. The van der Waals surface area contributed by atoms with Crippen LogP contribution in [0.5, 0.6) is 0 Å². The van der Waals surface area contributed by atoms with Crippen LogP contribution in [-0.2, 0) is 11.8 Å². The van der Waals surface area contributed by atoms with Crippen LogP contribution in [0.4, 0.5) is 6.01 Å². The second-order valence-electron chi connectivity index (χ2n) is 6.00. The van der Waals surface area contributed by atoms with Crippen LogP contribution in [0.15, 0.2) is 8.94 Å². The lowest BCUT2D eigenvalue weighted by atomic mass is 9.97. The third kappa shape index (κ3) is 3.37. The molecule has 0 spiro atoms. The number of nitrogens with zero attached hydrogens (tertiary/aromatic N) is 3. The van der Waals surface area contributed by atoms with Gasteiger partial charge in [-0.3, -0.25) is 0 Å². The number of anilines is 1. The molecule has 0 aliphatic carbocycles. The zero-order valence-corrected chi connectivity index (χ0v) is 12.8. The maximum atomic E-state index is 5.57. The van der Waals surface area contributed by atoms with Gasteiger partial charge in [0.2, 0.25) is 5.89 Å². The average molecular weight is 278 g/mol. The van der Waals surface area contributed by atoms with Gasteiger partial charge in [0.1, 0.15) is 5.76 Å². The summed E-state index contributed by atoms with van der Waals surface area (Å²) in [5, 5.41) is 15.1. The summed E-state index contributed by atoms with van der Waals surface area (Å²) in [4.78, 5) is 0. The van der Waals surface area contributed by atoms with Gasteiger partial charge in [0, 0.05) is 17.5 Å². The Balaban J connectivity index is 1.81. The molecular formula is C14H22N4O2. The Morgan fingerprint density at radius 1 is 1.15 bits per heavy atom. The summed E-state index contributed by atoms with van der Waals surface area (Å²) in [5.41, 5.74) is 2.03. The molecule has 0 aliphatic heterocycles. The number of aromatic nitrogens is 3. The number of hydrogen-bond donors (Lipinski definition) is 1. The van der Waals surface area contributed by atoms with Gasteiger partial charge in [-0.1, -0.05) is 31.0 Å². The highest BCUT2D eigenvalue weighted by molar-refractivity contribution is 5.22. The van der Waals surface area contributed by atoms with E-state index in [1.165, 1.54) is 5.56 Å². The Bertz CT molecular complexity index is 546. The number of aryl methyl sites for hydroxylation is 2. The first kappa shape index (κ1) is 14.6. The first-order chi connectivity index (χ1) is 9.38. The van der Waals surface area contributed by atoms with E-state index in [2.05, 4.69) is 20.7 Å². The van der Waals surface area contributed by atoms with Crippen LogP contribution in [0.3, 0.4) is 0 Å². The van der Waals surface area contributed by atoms with Crippen molar-refractivity contribution in [3.63, 3.8) is 0 Å². The summed E-state index contributed by atoms with van der Waals surface area (Å²) in [6.07, 6.45) is 1.88. The molecule has 0 radical (unpaired) electrons. The number of nitrogens with one attached hydrogen (secondary N) is 1. The average Bonchev–Trinajstić information content (AvgIpc) is 2.94. The minimum atomic E-state index is -0.121. The smallest absolute Gasteiger partial charge is 0.315 e. The maximum Gasteiger partial charge on any atom is 0.315 e. The van der Waals surface area contributed by atoms with Crippen LogP contribution < -0.4 is 5.32 Å². The van der Waals surface area contributed by atoms with Crippen molar-refractivity contribution in [1.29, 1.82) is 0 Å². The molecule has 0 aromatic carbocycles. The number of rotatable bonds is 5. The molecule has 0 saturated heterocycles. The van der Waals surface area contributed by atoms with E-state index in [1.54, 1.807) is 0 Å². The highest BCUT2D eigenvalue weighted by Gasteiger charge is 2.21. The lowest BCUT2D eigenvalue weighted by Crippen LogP contribution is -2.11. The minimum absolute atomic E-state index is 0.121. The molecule has 1 N–H and O–H groups in total. The second kappa shape index (κ2) is 5.64. The molecule has 6 nitrogen and oxygen atoms in total. The Morgan fingerprint density at radius 2 is 1.90 bits per heavy atom. The zero-order valence-electron chi connectivity index (χ0n) is 12.8. The summed E-state index contributed by atoms with van der Waals surface area (Å²) in [6.45, 7) is 10.8. The molecule has 0 bridgehead atoms. The zero-order chi connectivity index (χ0) is 14.8. The largest absolute Gasteiger partial charge is 0.408 e. The molecule has 0 unspecified atom stereocenters. The fourth-order valence-electron chi connectivity index (χ4n) is 1.92. The monoisotopic (exact) mass is 278 g/mol. The Labute approximate surface area is 118 Å². The summed E-state index contributed by atoms with van der Waals surface area (Å²) in [7, 11) is 0. The van der Waals surface area contributed by atoms with Gasteiger partial charge in [0.25, 0.3) is 0 Å². The van der Waals surface area contributed by atoms with E-state index in [1.807, 2.05) is 34.6 Å². The van der Waals surface area contributed by atoms with E-state index in [-0.39, 0.29) is 5.41 Å². The van der Waals surface area contributed by atoms with Gasteiger partial charge in [-0.2, -0.15) is 0 Å². The SMILES string of the molecule is Cc1noc(C)c1CCCNc1nnc(C(C)(C)C)o1. The van der Waals surface area contributed by atoms with Crippen LogP contribution >= 0.6 is 0 Å². The highest BCUT2D eigenvalue weighted by Crippen LogP contribution is 2.22.